The Hall–Kier alpha value is -2.44. The molecule has 1 fully saturated rings. The van der Waals surface area contributed by atoms with E-state index >= 15 is 0 Å². The van der Waals surface area contributed by atoms with Crippen LogP contribution in [0.5, 0.6) is 17.2 Å². The minimum absolute atomic E-state index is 0.0284. The van der Waals surface area contributed by atoms with Crippen LogP contribution in [-0.2, 0) is 16.0 Å². The third-order valence-corrected chi connectivity index (χ3v) is 4.59. The Bertz CT molecular complexity index is 622. The predicted octanol–water partition coefficient (Wildman–Crippen LogP) is 1.97. The van der Waals surface area contributed by atoms with Crippen molar-refractivity contribution in [3.8, 4) is 17.2 Å². The first-order valence-corrected chi connectivity index (χ1v) is 8.30. The summed E-state index contributed by atoms with van der Waals surface area (Å²) in [6.07, 6.45) is 1.88. The maximum atomic E-state index is 12.4. The monoisotopic (exact) mass is 351 g/mol. The maximum absolute atomic E-state index is 12.4. The highest BCUT2D eigenvalue weighted by atomic mass is 16.5. The van der Waals surface area contributed by atoms with E-state index in [4.69, 9.17) is 19.3 Å². The summed E-state index contributed by atoms with van der Waals surface area (Å²) in [5, 5.41) is 9.03. The number of aryl methyl sites for hydroxylation is 1. The lowest BCUT2D eigenvalue weighted by Crippen LogP contribution is -2.40. The van der Waals surface area contributed by atoms with Crippen LogP contribution in [-0.4, -0.2) is 56.3 Å². The number of likely N-dealkylation sites (tertiary alicyclic amines) is 1. The molecular weight excluding hydrogens is 326 g/mol. The number of ether oxygens (including phenoxy) is 3. The van der Waals surface area contributed by atoms with Crippen LogP contribution in [0.1, 0.15) is 24.8 Å². The molecule has 7 heteroatoms. The number of rotatable bonds is 7. The second-order valence-corrected chi connectivity index (χ2v) is 5.99. The number of nitrogens with zero attached hydrogens (tertiary/aromatic N) is 1. The molecule has 1 heterocycles. The van der Waals surface area contributed by atoms with Gasteiger partial charge >= 0.3 is 5.97 Å². The van der Waals surface area contributed by atoms with Gasteiger partial charge in [-0.05, 0) is 30.9 Å². The van der Waals surface area contributed by atoms with Crippen molar-refractivity contribution >= 4 is 11.9 Å². The summed E-state index contributed by atoms with van der Waals surface area (Å²) in [5.41, 5.74) is 0.869. The van der Waals surface area contributed by atoms with E-state index in [1.165, 1.54) is 0 Å². The number of carboxylic acids is 1. The smallest absolute Gasteiger partial charge is 0.306 e. The number of carbonyl (C=O) groups is 2. The van der Waals surface area contributed by atoms with Gasteiger partial charge in [-0.15, -0.1) is 0 Å². The molecule has 0 aromatic heterocycles. The molecule has 0 spiro atoms. The Morgan fingerprint density at radius 2 is 1.72 bits per heavy atom. The number of carboxylic acid groups (broad SMARTS) is 1. The van der Waals surface area contributed by atoms with Gasteiger partial charge in [0.2, 0.25) is 11.7 Å². The number of aliphatic carboxylic acids is 1. The summed E-state index contributed by atoms with van der Waals surface area (Å²) in [6.45, 7) is 0.998. The lowest BCUT2D eigenvalue weighted by Gasteiger charge is -2.30. The standard InChI is InChI=1S/C18H25NO6/c1-23-14-6-4-12(16(24-2)17(14)25-3)5-7-15(20)19-10-8-13(9-11-19)18(21)22/h4,6,13H,5,7-11H2,1-3H3,(H,21,22). The zero-order valence-electron chi connectivity index (χ0n) is 14.9. The molecule has 0 bridgehead atoms. The van der Waals surface area contributed by atoms with Crippen LogP contribution in [0.15, 0.2) is 12.1 Å². The van der Waals surface area contributed by atoms with Gasteiger partial charge in [-0.25, -0.2) is 0 Å². The summed E-state index contributed by atoms with van der Waals surface area (Å²) in [6, 6.07) is 3.66. The van der Waals surface area contributed by atoms with Crippen molar-refractivity contribution in [3.63, 3.8) is 0 Å². The van der Waals surface area contributed by atoms with Crippen LogP contribution in [0.4, 0.5) is 0 Å². The lowest BCUT2D eigenvalue weighted by molar-refractivity contribution is -0.145. The molecule has 1 aromatic rings. The van der Waals surface area contributed by atoms with Gasteiger partial charge in [-0.3, -0.25) is 9.59 Å². The Balaban J connectivity index is 1.99. The van der Waals surface area contributed by atoms with Gasteiger partial charge in [0.1, 0.15) is 0 Å². The first-order valence-electron chi connectivity index (χ1n) is 8.30. The van der Waals surface area contributed by atoms with Crippen LogP contribution in [0.2, 0.25) is 0 Å². The van der Waals surface area contributed by atoms with E-state index in [9.17, 15) is 9.59 Å². The number of hydrogen-bond acceptors (Lipinski definition) is 5. The molecule has 0 atom stereocenters. The normalized spacial score (nSPS) is 14.9. The number of benzene rings is 1. The van der Waals surface area contributed by atoms with Crippen molar-refractivity contribution in [3.05, 3.63) is 17.7 Å². The average Bonchev–Trinajstić information content (AvgIpc) is 2.64. The molecule has 0 aliphatic carbocycles. The highest BCUT2D eigenvalue weighted by molar-refractivity contribution is 5.77. The second-order valence-electron chi connectivity index (χ2n) is 5.99. The number of piperidine rings is 1. The van der Waals surface area contributed by atoms with Crippen molar-refractivity contribution < 1.29 is 28.9 Å². The molecule has 1 aliphatic heterocycles. The zero-order valence-corrected chi connectivity index (χ0v) is 14.9. The van der Waals surface area contributed by atoms with Gasteiger partial charge in [0.25, 0.3) is 0 Å². The van der Waals surface area contributed by atoms with Crippen molar-refractivity contribution in [1.82, 2.24) is 4.90 Å². The molecule has 25 heavy (non-hydrogen) atoms. The molecule has 7 nitrogen and oxygen atoms in total. The highest BCUT2D eigenvalue weighted by Crippen LogP contribution is 2.40. The zero-order chi connectivity index (χ0) is 18.4. The molecule has 1 aromatic carbocycles. The number of hydrogen-bond donors (Lipinski definition) is 1. The van der Waals surface area contributed by atoms with Gasteiger partial charge < -0.3 is 24.2 Å². The van der Waals surface area contributed by atoms with E-state index in [1.54, 1.807) is 32.3 Å². The van der Waals surface area contributed by atoms with E-state index in [1.807, 2.05) is 6.07 Å². The van der Waals surface area contributed by atoms with E-state index in [2.05, 4.69) is 0 Å². The molecule has 0 saturated carbocycles. The third-order valence-electron chi connectivity index (χ3n) is 4.59. The Kier molecular flexibility index (Phi) is 6.50. The SMILES string of the molecule is COc1ccc(CCC(=O)N2CCC(C(=O)O)CC2)c(OC)c1OC. The fourth-order valence-corrected chi connectivity index (χ4v) is 3.14. The molecule has 138 valence electrons. The number of amides is 1. The third kappa shape index (κ3) is 4.35. The minimum atomic E-state index is -0.776. The van der Waals surface area contributed by atoms with Crippen LogP contribution in [0.3, 0.4) is 0 Å². The van der Waals surface area contributed by atoms with Gasteiger partial charge in [0, 0.05) is 19.5 Å². The van der Waals surface area contributed by atoms with E-state index < -0.39 is 5.97 Å². The quantitative estimate of drug-likeness (QED) is 0.808. The summed E-state index contributed by atoms with van der Waals surface area (Å²) >= 11 is 0. The van der Waals surface area contributed by atoms with Crippen LogP contribution < -0.4 is 14.2 Å². The van der Waals surface area contributed by atoms with Crippen LogP contribution in [0.25, 0.3) is 0 Å². The molecule has 1 N–H and O–H groups in total. The molecule has 1 amide bonds. The van der Waals surface area contributed by atoms with E-state index in [0.717, 1.165) is 5.56 Å². The molecule has 1 saturated heterocycles. The number of carbonyl (C=O) groups excluding carboxylic acids is 1. The Morgan fingerprint density at radius 1 is 1.08 bits per heavy atom. The molecule has 2 rings (SSSR count). The van der Waals surface area contributed by atoms with Crippen LogP contribution >= 0.6 is 0 Å². The van der Waals surface area contributed by atoms with Gasteiger partial charge in [-0.1, -0.05) is 6.07 Å². The van der Waals surface area contributed by atoms with Gasteiger partial charge in [0.15, 0.2) is 11.5 Å². The minimum Gasteiger partial charge on any atom is -0.493 e. The van der Waals surface area contributed by atoms with Crippen molar-refractivity contribution in [2.45, 2.75) is 25.7 Å². The first kappa shape index (κ1) is 18.9. The molecular formula is C18H25NO6. The van der Waals surface area contributed by atoms with Crippen LogP contribution in [0, 0.1) is 5.92 Å². The molecule has 1 aliphatic rings. The van der Waals surface area contributed by atoms with Crippen molar-refractivity contribution in [2.24, 2.45) is 5.92 Å². The summed E-state index contributed by atoms with van der Waals surface area (Å²) in [5.74, 6) is 0.569. The fourth-order valence-electron chi connectivity index (χ4n) is 3.14. The second kappa shape index (κ2) is 8.60. The Morgan fingerprint density at radius 3 is 2.24 bits per heavy atom. The van der Waals surface area contributed by atoms with Gasteiger partial charge in [0.05, 0.1) is 27.2 Å². The largest absolute Gasteiger partial charge is 0.493 e. The summed E-state index contributed by atoms with van der Waals surface area (Å²) in [7, 11) is 4.66. The predicted molar refractivity (Wildman–Crippen MR) is 91.4 cm³/mol. The first-order chi connectivity index (χ1) is 12.0. The maximum Gasteiger partial charge on any atom is 0.306 e. The van der Waals surface area contributed by atoms with Crippen molar-refractivity contribution in [2.75, 3.05) is 34.4 Å². The summed E-state index contributed by atoms with van der Waals surface area (Å²) < 4.78 is 16.0. The molecule has 0 radical (unpaired) electrons. The van der Waals surface area contributed by atoms with Crippen molar-refractivity contribution in [1.29, 1.82) is 0 Å². The Labute approximate surface area is 147 Å². The molecule has 0 unspecified atom stereocenters. The number of methoxy groups -OCH3 is 3. The van der Waals surface area contributed by atoms with Gasteiger partial charge in [-0.2, -0.15) is 0 Å². The highest BCUT2D eigenvalue weighted by Gasteiger charge is 2.27. The lowest BCUT2D eigenvalue weighted by atomic mass is 9.96. The topological polar surface area (TPSA) is 85.3 Å². The average molecular weight is 351 g/mol. The fraction of sp³-hybridized carbons (Fsp3) is 0.556. The van der Waals surface area contributed by atoms with E-state index in [-0.39, 0.29) is 11.8 Å². The van der Waals surface area contributed by atoms with E-state index in [0.29, 0.717) is 56.0 Å². The summed E-state index contributed by atoms with van der Waals surface area (Å²) in [4.78, 5) is 25.1.